The number of carbonyl (C=O) groups is 4. The molecule has 81 heavy (non-hydrogen) atoms. The molecule has 480 valence electrons. The predicted octanol–water partition coefficient (Wildman–Crippen LogP) is 19.4. The van der Waals surface area contributed by atoms with Crippen molar-refractivity contribution >= 4 is 23.9 Å². The van der Waals surface area contributed by atoms with E-state index in [4.69, 9.17) is 0 Å². The number of rotatable bonds is 60. The van der Waals surface area contributed by atoms with Gasteiger partial charge >= 0.3 is 21.7 Å². The Morgan fingerprint density at radius 2 is 0.272 bits per heavy atom. The summed E-state index contributed by atoms with van der Waals surface area (Å²) >= 11 is 0. The number of carboxylic acids is 4. The minimum Gasteiger partial charge on any atom is -0.550 e. The van der Waals surface area contributed by atoms with Crippen LogP contribution in [0.5, 0.6) is 0 Å². The van der Waals surface area contributed by atoms with Crippen LogP contribution in [0.3, 0.4) is 0 Å². The Morgan fingerprint density at radius 1 is 0.185 bits per heavy atom. The molecule has 0 spiro atoms. The van der Waals surface area contributed by atoms with Gasteiger partial charge in [-0.25, -0.2) is 0 Å². The number of hydrogen-bond donors (Lipinski definition) is 0. The van der Waals surface area contributed by atoms with Gasteiger partial charge in [-0.2, -0.15) is 0 Å². The average Bonchev–Trinajstić information content (AvgIpc) is 3.39. The van der Waals surface area contributed by atoms with E-state index in [0.717, 1.165) is 75.0 Å². The van der Waals surface area contributed by atoms with Crippen molar-refractivity contribution in [1.82, 2.24) is 0 Å². The van der Waals surface area contributed by atoms with Crippen molar-refractivity contribution in [2.24, 2.45) is 23.7 Å². The Labute approximate surface area is 520 Å². The fourth-order valence-corrected chi connectivity index (χ4v) is 10.4. The van der Waals surface area contributed by atoms with Gasteiger partial charge in [0.1, 0.15) is 0 Å². The predicted molar refractivity (Wildman–Crippen MR) is 338 cm³/mol. The summed E-state index contributed by atoms with van der Waals surface area (Å²) in [6, 6.07) is 0. The quantitative estimate of drug-likeness (QED) is 0.0430. The number of aliphatic carboxylic acids is 4. The number of carboxylic acid groups (broad SMARTS) is 4. The molecule has 0 aliphatic heterocycles. The van der Waals surface area contributed by atoms with Gasteiger partial charge in [0.25, 0.3) is 0 Å². The van der Waals surface area contributed by atoms with E-state index in [-0.39, 0.29) is 47.4 Å². The zero-order valence-corrected chi connectivity index (χ0v) is 57.2. The minimum atomic E-state index is -0.904. The molecule has 0 unspecified atom stereocenters. The Hall–Kier alpha value is -1.41. The Balaban J connectivity index is -0.000000316. The van der Waals surface area contributed by atoms with E-state index in [1.54, 1.807) is 0 Å². The van der Waals surface area contributed by atoms with Crippen LogP contribution in [0, 0.1) is 23.7 Å². The first-order valence-electron chi connectivity index (χ1n) is 35.3. The zero-order chi connectivity index (χ0) is 60.2. The summed E-state index contributed by atoms with van der Waals surface area (Å²) in [4.78, 5) is 40.9. The summed E-state index contributed by atoms with van der Waals surface area (Å²) in [6.45, 7) is 18.4. The van der Waals surface area contributed by atoms with E-state index in [9.17, 15) is 39.6 Å². The monoisotopic (exact) mass is 1180 g/mol. The van der Waals surface area contributed by atoms with Crippen LogP contribution in [0.15, 0.2) is 0 Å². The van der Waals surface area contributed by atoms with Gasteiger partial charge in [-0.05, 0) is 75.0 Å². The molecule has 0 bridgehead atoms. The largest absolute Gasteiger partial charge is 4.00 e. The molecular weight excluding hydrogens is 1040 g/mol. The van der Waals surface area contributed by atoms with Gasteiger partial charge in [-0.15, -0.1) is 0 Å². The van der Waals surface area contributed by atoms with Crippen molar-refractivity contribution in [1.29, 1.82) is 0 Å². The maximum absolute atomic E-state index is 10.2. The molecule has 0 aromatic heterocycles. The zero-order valence-electron chi connectivity index (χ0n) is 55.7. The molecule has 0 aromatic rings. The summed E-state index contributed by atoms with van der Waals surface area (Å²) in [5, 5.41) is 40.9. The van der Waals surface area contributed by atoms with Gasteiger partial charge in [0, 0.05) is 23.9 Å². The van der Waals surface area contributed by atoms with Crippen molar-refractivity contribution in [3.8, 4) is 0 Å². The molecule has 9 heteroatoms. The van der Waals surface area contributed by atoms with E-state index in [1.165, 1.54) is 283 Å². The van der Waals surface area contributed by atoms with Crippen LogP contribution in [0.2, 0.25) is 0 Å². The summed E-state index contributed by atoms with van der Waals surface area (Å²) < 4.78 is 0. The third-order valence-corrected chi connectivity index (χ3v) is 15.6. The average molecular weight is 1180 g/mol. The molecule has 0 fully saturated rings. The van der Waals surface area contributed by atoms with E-state index < -0.39 is 23.9 Å². The molecule has 0 saturated carbocycles. The fraction of sp³-hybridized carbons (Fsp3) is 0.944. The Kier molecular flexibility index (Phi) is 83.6. The first-order valence-corrected chi connectivity index (χ1v) is 35.3. The van der Waals surface area contributed by atoms with Crippen LogP contribution in [-0.2, 0) is 40.9 Å². The van der Waals surface area contributed by atoms with Crippen LogP contribution in [0.4, 0.5) is 0 Å². The second-order valence-electron chi connectivity index (χ2n) is 26.2. The van der Waals surface area contributed by atoms with Gasteiger partial charge in [0.05, 0.1) is 0 Å². The van der Waals surface area contributed by atoms with Gasteiger partial charge in [-0.3, -0.25) is 0 Å². The van der Waals surface area contributed by atoms with Crippen LogP contribution < -0.4 is 20.4 Å². The van der Waals surface area contributed by atoms with E-state index in [1.807, 2.05) is 0 Å². The van der Waals surface area contributed by atoms with Crippen molar-refractivity contribution < 1.29 is 61.3 Å². The second kappa shape index (κ2) is 76.6. The third kappa shape index (κ3) is 104. The van der Waals surface area contributed by atoms with E-state index in [0.29, 0.717) is 0 Å². The van der Waals surface area contributed by atoms with Crippen molar-refractivity contribution in [2.45, 2.75) is 415 Å². The topological polar surface area (TPSA) is 161 Å². The summed E-state index contributed by atoms with van der Waals surface area (Å²) in [5.74, 6) is -0.166. The van der Waals surface area contributed by atoms with E-state index in [2.05, 4.69) is 55.4 Å². The number of unbranched alkanes of at least 4 members (excludes halogenated alkanes) is 44. The van der Waals surface area contributed by atoms with Crippen LogP contribution in [-0.4, -0.2) is 23.9 Å². The van der Waals surface area contributed by atoms with Gasteiger partial charge in [0.2, 0.25) is 0 Å². The molecule has 8 nitrogen and oxygen atoms in total. The third-order valence-electron chi connectivity index (χ3n) is 15.6. The van der Waals surface area contributed by atoms with Gasteiger partial charge in [-0.1, -0.05) is 364 Å². The molecule has 0 aromatic carbocycles. The standard InChI is InChI=1S/4C18H36O2.Ti/c4*1-17(2)15-13-11-9-7-5-3-4-6-8-10-12-14-16-18(19)20;/h4*17H,3-16H2,1-2H3,(H,19,20);/q;;;;+4/p-4. The number of carbonyl (C=O) groups excluding carboxylic acids is 4. The normalized spacial score (nSPS) is 11.0. The summed E-state index contributed by atoms with van der Waals surface area (Å²) in [6.07, 6.45) is 68.0. The molecule has 0 heterocycles. The van der Waals surface area contributed by atoms with Crippen molar-refractivity contribution in [2.75, 3.05) is 0 Å². The molecule has 0 atom stereocenters. The maximum Gasteiger partial charge on any atom is 4.00 e. The first-order chi connectivity index (χ1) is 38.5. The molecule has 0 rings (SSSR count). The number of hydrogen-bond acceptors (Lipinski definition) is 8. The van der Waals surface area contributed by atoms with Crippen LogP contribution >= 0.6 is 0 Å². The molecule has 0 aliphatic rings. The Morgan fingerprint density at radius 3 is 0.358 bits per heavy atom. The maximum atomic E-state index is 10.2. The molecule has 0 radical (unpaired) electrons. The van der Waals surface area contributed by atoms with Crippen molar-refractivity contribution in [3.05, 3.63) is 0 Å². The Bertz CT molecular complexity index is 1040. The molecule has 0 saturated heterocycles. The second-order valence-corrected chi connectivity index (χ2v) is 26.2. The fourth-order valence-electron chi connectivity index (χ4n) is 10.4. The van der Waals surface area contributed by atoms with Crippen molar-refractivity contribution in [3.63, 3.8) is 0 Å². The van der Waals surface area contributed by atoms with Gasteiger partial charge < -0.3 is 39.6 Å². The molecule has 0 aliphatic carbocycles. The SMILES string of the molecule is CC(C)CCCCCCCCCCCCCCC(=O)[O-].CC(C)CCCCCCCCCCCCCCC(=O)[O-].CC(C)CCCCCCCCCCCCCCC(=O)[O-].CC(C)CCCCCCCCCCCCCCC(=O)[O-].[Ti+4]. The summed E-state index contributed by atoms with van der Waals surface area (Å²) in [7, 11) is 0. The smallest absolute Gasteiger partial charge is 0.550 e. The van der Waals surface area contributed by atoms with Crippen LogP contribution in [0.1, 0.15) is 415 Å². The molecule has 0 N–H and O–H groups in total. The van der Waals surface area contributed by atoms with E-state index >= 15 is 0 Å². The van der Waals surface area contributed by atoms with Gasteiger partial charge in [0.15, 0.2) is 0 Å². The molecular formula is C72H140O8Ti. The molecule has 0 amide bonds. The first kappa shape index (κ1) is 88.4. The van der Waals surface area contributed by atoms with Crippen LogP contribution in [0.25, 0.3) is 0 Å². The minimum absolute atomic E-state index is 0. The summed E-state index contributed by atoms with van der Waals surface area (Å²) in [5.41, 5.74) is 0.